The normalized spacial score (nSPS) is 15.2. The average Bonchev–Trinajstić information content (AvgIpc) is 3.00. The number of alkyl halides is 3. The molecule has 11 heteroatoms. The first kappa shape index (κ1) is 29.1. The van der Waals surface area contributed by atoms with Gasteiger partial charge in [0, 0.05) is 68.2 Å². The molecule has 0 unspecified atom stereocenters. The number of fused-ring (bicyclic) bond motifs is 1. The minimum atomic E-state index is -4.49. The molecule has 1 N–H and O–H groups in total. The summed E-state index contributed by atoms with van der Waals surface area (Å²) in [6.07, 6.45) is -2.76. The van der Waals surface area contributed by atoms with Crippen molar-refractivity contribution in [2.75, 3.05) is 54.4 Å². The highest BCUT2D eigenvalue weighted by Crippen LogP contribution is 2.37. The van der Waals surface area contributed by atoms with Crippen LogP contribution in [0.1, 0.15) is 21.5 Å². The lowest BCUT2D eigenvalue weighted by molar-refractivity contribution is -0.138. The third-order valence-corrected chi connectivity index (χ3v) is 8.40. The van der Waals surface area contributed by atoms with Crippen LogP contribution in [0.5, 0.6) is 0 Å². The molecule has 6 rings (SSSR count). The number of piperazine rings is 1. The van der Waals surface area contributed by atoms with E-state index in [0.29, 0.717) is 61.4 Å². The van der Waals surface area contributed by atoms with Crippen molar-refractivity contribution in [1.82, 2.24) is 9.88 Å². The fraction of sp³-hybridized carbons (Fsp3) is 0.250. The van der Waals surface area contributed by atoms with E-state index < -0.39 is 11.7 Å². The first-order valence-corrected chi connectivity index (χ1v) is 14.7. The minimum Gasteiger partial charge on any atom is -0.367 e. The Hall–Kier alpha value is -3.95. The van der Waals surface area contributed by atoms with Gasteiger partial charge in [-0.25, -0.2) is 4.98 Å². The lowest BCUT2D eigenvalue weighted by Gasteiger charge is -2.36. The second kappa shape index (κ2) is 12.0. The van der Waals surface area contributed by atoms with Crippen molar-refractivity contribution in [3.63, 3.8) is 0 Å². The number of nitrogens with zero attached hydrogens (tertiary/aromatic N) is 4. The van der Waals surface area contributed by atoms with Gasteiger partial charge in [-0.1, -0.05) is 47.5 Å². The number of pyridine rings is 1. The maximum atomic E-state index is 13.7. The quantitative estimate of drug-likeness (QED) is 0.249. The molecule has 1 aromatic heterocycles. The third-order valence-electron chi connectivity index (χ3n) is 7.84. The van der Waals surface area contributed by atoms with Crippen LogP contribution >= 0.6 is 23.2 Å². The van der Waals surface area contributed by atoms with Crippen molar-refractivity contribution in [3.8, 4) is 11.1 Å². The number of rotatable bonds is 5. The number of aromatic nitrogens is 1. The first-order chi connectivity index (χ1) is 20.7. The van der Waals surface area contributed by atoms with Crippen LogP contribution in [0.4, 0.5) is 30.4 Å². The Morgan fingerprint density at radius 2 is 1.60 bits per heavy atom. The van der Waals surface area contributed by atoms with Crippen LogP contribution in [0.2, 0.25) is 10.0 Å². The minimum absolute atomic E-state index is 0.0341. The second-order valence-corrected chi connectivity index (χ2v) is 11.4. The summed E-state index contributed by atoms with van der Waals surface area (Å²) < 4.78 is 41.1. The number of carbonyl (C=O) groups is 1. The highest BCUT2D eigenvalue weighted by Gasteiger charge is 2.34. The van der Waals surface area contributed by atoms with Crippen LogP contribution in [0.15, 0.2) is 79.0 Å². The van der Waals surface area contributed by atoms with Gasteiger partial charge < -0.3 is 20.0 Å². The molecule has 0 saturated carbocycles. The monoisotopic (exact) mass is 625 g/mol. The van der Waals surface area contributed by atoms with Crippen LogP contribution in [0, 0.1) is 0 Å². The highest BCUT2D eigenvalue weighted by molar-refractivity contribution is 6.33. The molecule has 1 fully saturated rings. The second-order valence-electron chi connectivity index (χ2n) is 10.5. The summed E-state index contributed by atoms with van der Waals surface area (Å²) in [5.74, 6) is 0.569. The molecule has 0 bridgehead atoms. The van der Waals surface area contributed by atoms with E-state index in [1.54, 1.807) is 18.3 Å². The van der Waals surface area contributed by atoms with Gasteiger partial charge >= 0.3 is 6.18 Å². The smallest absolute Gasteiger partial charge is 0.367 e. The van der Waals surface area contributed by atoms with Gasteiger partial charge in [0.1, 0.15) is 5.82 Å². The van der Waals surface area contributed by atoms with Crippen LogP contribution < -0.4 is 15.1 Å². The highest BCUT2D eigenvalue weighted by atomic mass is 35.5. The fourth-order valence-electron chi connectivity index (χ4n) is 5.60. The Morgan fingerprint density at radius 1 is 0.860 bits per heavy atom. The summed E-state index contributed by atoms with van der Waals surface area (Å²) >= 11 is 12.4. The average molecular weight is 627 g/mol. The number of hydrogen-bond acceptors (Lipinski definition) is 5. The molecule has 0 spiro atoms. The summed E-state index contributed by atoms with van der Waals surface area (Å²) in [4.78, 5) is 23.7. The molecule has 1 saturated heterocycles. The molecule has 222 valence electrons. The lowest BCUT2D eigenvalue weighted by atomic mass is 10.0. The molecule has 3 heterocycles. The SMILES string of the molecule is O=C(c1ccc(-c2cnc3c(c2)N(Cc2cc(Cl)ccc2C(F)(F)F)CCN3)cc1)N1CCN(c2ccccc2Cl)CC1. The van der Waals surface area contributed by atoms with Crippen LogP contribution in [-0.2, 0) is 12.7 Å². The summed E-state index contributed by atoms with van der Waals surface area (Å²) in [6, 6.07) is 20.6. The molecule has 2 aliphatic heterocycles. The van der Waals surface area contributed by atoms with E-state index in [1.165, 1.54) is 12.1 Å². The van der Waals surface area contributed by atoms with Gasteiger partial charge in [0.2, 0.25) is 0 Å². The van der Waals surface area contributed by atoms with Crippen LogP contribution in [0.25, 0.3) is 11.1 Å². The number of amides is 1. The third kappa shape index (κ3) is 6.24. The topological polar surface area (TPSA) is 51.7 Å². The number of anilines is 3. The zero-order valence-corrected chi connectivity index (χ0v) is 24.6. The Kier molecular flexibility index (Phi) is 8.11. The van der Waals surface area contributed by atoms with Gasteiger partial charge in [-0.05, 0) is 59.7 Å². The molecule has 1 amide bonds. The fourth-order valence-corrected chi connectivity index (χ4v) is 6.05. The number of nitrogens with one attached hydrogen (secondary N) is 1. The Labute approximate surface area is 257 Å². The number of carbonyl (C=O) groups excluding carboxylic acids is 1. The summed E-state index contributed by atoms with van der Waals surface area (Å²) in [5.41, 5.74) is 3.31. The van der Waals surface area contributed by atoms with E-state index >= 15 is 0 Å². The van der Waals surface area contributed by atoms with Gasteiger partial charge in [-0.3, -0.25) is 4.79 Å². The molecule has 0 aliphatic carbocycles. The summed E-state index contributed by atoms with van der Waals surface area (Å²) in [7, 11) is 0. The predicted molar refractivity (Wildman–Crippen MR) is 165 cm³/mol. The van der Waals surface area contributed by atoms with E-state index in [-0.39, 0.29) is 23.0 Å². The first-order valence-electron chi connectivity index (χ1n) is 13.9. The molecule has 4 aromatic rings. The molecular weight excluding hydrogens is 598 g/mol. The number of benzene rings is 3. The molecule has 2 aliphatic rings. The zero-order chi connectivity index (χ0) is 30.1. The van der Waals surface area contributed by atoms with E-state index in [1.807, 2.05) is 52.3 Å². The van der Waals surface area contributed by atoms with E-state index in [2.05, 4.69) is 15.2 Å². The van der Waals surface area contributed by atoms with E-state index in [4.69, 9.17) is 23.2 Å². The predicted octanol–water partition coefficient (Wildman–Crippen LogP) is 7.47. The Morgan fingerprint density at radius 3 is 2.33 bits per heavy atom. The summed E-state index contributed by atoms with van der Waals surface area (Å²) in [5, 5.41) is 4.18. The molecular formula is C32H28Cl2F3N5O. The maximum Gasteiger partial charge on any atom is 0.416 e. The van der Waals surface area contributed by atoms with Crippen molar-refractivity contribution >= 4 is 46.3 Å². The van der Waals surface area contributed by atoms with Crippen molar-refractivity contribution < 1.29 is 18.0 Å². The number of para-hydroxylation sites is 1. The van der Waals surface area contributed by atoms with Gasteiger partial charge in [0.05, 0.1) is 22.0 Å². The van der Waals surface area contributed by atoms with Gasteiger partial charge in [0.15, 0.2) is 0 Å². The van der Waals surface area contributed by atoms with Crippen molar-refractivity contribution in [3.05, 3.63) is 106 Å². The standard InChI is InChI=1S/C32H28Cl2F3N5O/c33-25-9-10-26(32(35,36)37)24(17-25)20-42-12-11-38-30-29(42)18-23(19-39-30)21-5-7-22(8-6-21)31(43)41-15-13-40(14-16-41)28-4-2-1-3-27(28)34/h1-10,17-19H,11-16,20H2,(H,38,39). The number of hydrogen-bond donors (Lipinski definition) is 1. The largest absolute Gasteiger partial charge is 0.416 e. The van der Waals surface area contributed by atoms with Gasteiger partial charge in [-0.15, -0.1) is 0 Å². The van der Waals surface area contributed by atoms with Crippen LogP contribution in [-0.4, -0.2) is 55.1 Å². The van der Waals surface area contributed by atoms with E-state index in [9.17, 15) is 18.0 Å². The van der Waals surface area contributed by atoms with Crippen molar-refractivity contribution in [2.24, 2.45) is 0 Å². The Bertz CT molecular complexity index is 1640. The maximum absolute atomic E-state index is 13.7. The molecule has 0 radical (unpaired) electrons. The summed E-state index contributed by atoms with van der Waals surface area (Å²) in [6.45, 7) is 3.64. The van der Waals surface area contributed by atoms with Gasteiger partial charge in [-0.2, -0.15) is 13.2 Å². The molecule has 6 nitrogen and oxygen atoms in total. The molecule has 3 aromatic carbocycles. The van der Waals surface area contributed by atoms with E-state index in [0.717, 1.165) is 22.9 Å². The zero-order valence-electron chi connectivity index (χ0n) is 23.0. The van der Waals surface area contributed by atoms with Crippen molar-refractivity contribution in [1.29, 1.82) is 0 Å². The van der Waals surface area contributed by atoms with Crippen LogP contribution in [0.3, 0.4) is 0 Å². The molecule has 43 heavy (non-hydrogen) atoms. The Balaban J connectivity index is 1.17. The van der Waals surface area contributed by atoms with Crippen molar-refractivity contribution in [2.45, 2.75) is 12.7 Å². The lowest BCUT2D eigenvalue weighted by Crippen LogP contribution is -2.48. The van der Waals surface area contributed by atoms with Gasteiger partial charge in [0.25, 0.3) is 5.91 Å². The number of halogens is 5. The molecule has 0 atom stereocenters.